The van der Waals surface area contributed by atoms with Gasteiger partial charge < -0.3 is 11.1 Å². The van der Waals surface area contributed by atoms with Crippen LogP contribution in [0.4, 0.5) is 15.2 Å². The van der Waals surface area contributed by atoms with Crippen LogP contribution < -0.4 is 11.1 Å². The lowest BCUT2D eigenvalue weighted by molar-refractivity contribution is -0.113. The first-order chi connectivity index (χ1) is 9.04. The number of benzene rings is 1. The van der Waals surface area contributed by atoms with Crippen LogP contribution in [0.15, 0.2) is 33.1 Å². The minimum Gasteiger partial charge on any atom is -0.375 e. The van der Waals surface area contributed by atoms with E-state index in [0.29, 0.717) is 9.60 Å². The van der Waals surface area contributed by atoms with E-state index in [1.54, 1.807) is 12.3 Å². The highest BCUT2D eigenvalue weighted by atomic mass is 79.9. The van der Waals surface area contributed by atoms with E-state index in [9.17, 15) is 9.18 Å². The summed E-state index contributed by atoms with van der Waals surface area (Å²) in [6.45, 7) is 0. The van der Waals surface area contributed by atoms with Crippen molar-refractivity contribution in [2.45, 2.75) is 4.21 Å². The Hall–Kier alpha value is -1.12. The molecule has 0 saturated heterocycles. The average molecular weight is 362 g/mol. The van der Waals surface area contributed by atoms with Crippen LogP contribution in [0.2, 0.25) is 0 Å². The summed E-state index contributed by atoms with van der Waals surface area (Å²) in [7, 11) is 0. The molecule has 0 radical (unpaired) electrons. The number of nitrogens with two attached hydrogens (primary N) is 1. The van der Waals surface area contributed by atoms with Crippen molar-refractivity contribution >= 4 is 55.8 Å². The number of hydrogen-bond donors (Lipinski definition) is 2. The van der Waals surface area contributed by atoms with E-state index < -0.39 is 5.82 Å². The predicted molar refractivity (Wildman–Crippen MR) is 80.0 cm³/mol. The van der Waals surface area contributed by atoms with Gasteiger partial charge in [-0.1, -0.05) is 27.3 Å². The van der Waals surface area contributed by atoms with Crippen molar-refractivity contribution in [2.24, 2.45) is 0 Å². The number of anilines is 2. The number of nitrogen functional groups attached to an aromatic ring is 1. The number of carbonyl (C=O) groups is 1. The van der Waals surface area contributed by atoms with Gasteiger partial charge in [0.25, 0.3) is 0 Å². The summed E-state index contributed by atoms with van der Waals surface area (Å²) in [6.07, 6.45) is 1.61. The maximum absolute atomic E-state index is 13.5. The number of thioether (sulfide) groups is 1. The van der Waals surface area contributed by atoms with Crippen LogP contribution in [0, 0.1) is 5.82 Å². The third kappa shape index (κ3) is 4.19. The molecule has 2 rings (SSSR count). The van der Waals surface area contributed by atoms with Crippen molar-refractivity contribution in [3.05, 3.63) is 34.7 Å². The highest BCUT2D eigenvalue weighted by Gasteiger charge is 2.09. The quantitative estimate of drug-likeness (QED) is 0.819. The van der Waals surface area contributed by atoms with Gasteiger partial charge in [0, 0.05) is 4.47 Å². The summed E-state index contributed by atoms with van der Waals surface area (Å²) < 4.78 is 15.0. The Morgan fingerprint density at radius 3 is 3.00 bits per heavy atom. The van der Waals surface area contributed by atoms with Gasteiger partial charge in [-0.15, -0.1) is 11.8 Å². The lowest BCUT2D eigenvalue weighted by atomic mass is 10.3. The number of rotatable bonds is 4. The topological polar surface area (TPSA) is 68.0 Å². The SMILES string of the molecule is Nc1ncc(SCC(=O)Nc2ccc(Br)cc2F)s1. The molecule has 19 heavy (non-hydrogen) atoms. The molecule has 100 valence electrons. The minimum atomic E-state index is -0.477. The second-order valence-electron chi connectivity index (χ2n) is 3.48. The molecule has 0 spiro atoms. The molecule has 0 saturated carbocycles. The van der Waals surface area contributed by atoms with E-state index in [-0.39, 0.29) is 17.3 Å². The van der Waals surface area contributed by atoms with Crippen molar-refractivity contribution < 1.29 is 9.18 Å². The normalized spacial score (nSPS) is 10.4. The largest absolute Gasteiger partial charge is 0.375 e. The summed E-state index contributed by atoms with van der Waals surface area (Å²) in [5, 5.41) is 2.97. The van der Waals surface area contributed by atoms with Gasteiger partial charge in [-0.2, -0.15) is 0 Å². The number of halogens is 2. The number of amides is 1. The standard InChI is InChI=1S/C11H9BrFN3OS2/c12-6-1-2-8(7(13)3-6)16-9(17)5-18-10-4-15-11(14)19-10/h1-4H,5H2,(H2,14,15)(H,16,17). The Kier molecular flexibility index (Phi) is 4.78. The van der Waals surface area contributed by atoms with Crippen molar-refractivity contribution in [1.29, 1.82) is 0 Å². The van der Waals surface area contributed by atoms with E-state index >= 15 is 0 Å². The number of aromatic nitrogens is 1. The van der Waals surface area contributed by atoms with Crippen molar-refractivity contribution in [1.82, 2.24) is 4.98 Å². The Morgan fingerprint density at radius 1 is 1.58 bits per heavy atom. The van der Waals surface area contributed by atoms with Gasteiger partial charge in [0.1, 0.15) is 5.82 Å². The van der Waals surface area contributed by atoms with Crippen LogP contribution in [-0.4, -0.2) is 16.6 Å². The molecule has 0 bridgehead atoms. The molecule has 1 aromatic heterocycles. The number of nitrogens with one attached hydrogen (secondary N) is 1. The molecule has 2 aromatic rings. The van der Waals surface area contributed by atoms with Gasteiger partial charge in [-0.3, -0.25) is 4.79 Å². The number of carbonyl (C=O) groups excluding carboxylic acids is 1. The summed E-state index contributed by atoms with van der Waals surface area (Å²) >= 11 is 5.77. The molecule has 8 heteroatoms. The Labute approximate surface area is 125 Å². The summed E-state index contributed by atoms with van der Waals surface area (Å²) in [5.41, 5.74) is 5.65. The molecular formula is C11H9BrFN3OS2. The Bertz CT molecular complexity index is 605. The van der Waals surface area contributed by atoms with Crippen LogP contribution in [0.25, 0.3) is 0 Å². The maximum Gasteiger partial charge on any atom is 0.234 e. The predicted octanol–water partition coefficient (Wildman–Crippen LogP) is 3.36. The fraction of sp³-hybridized carbons (Fsp3) is 0.0909. The van der Waals surface area contributed by atoms with Crippen LogP contribution in [-0.2, 0) is 4.79 Å². The number of thiazole rings is 1. The number of nitrogens with zero attached hydrogens (tertiary/aromatic N) is 1. The monoisotopic (exact) mass is 361 g/mol. The van der Waals surface area contributed by atoms with Crippen LogP contribution in [0.1, 0.15) is 0 Å². The molecular weight excluding hydrogens is 353 g/mol. The zero-order valence-electron chi connectivity index (χ0n) is 9.52. The van der Waals surface area contributed by atoms with E-state index in [2.05, 4.69) is 26.2 Å². The summed E-state index contributed by atoms with van der Waals surface area (Å²) in [4.78, 5) is 15.6. The lowest BCUT2D eigenvalue weighted by Gasteiger charge is -2.05. The van der Waals surface area contributed by atoms with Crippen LogP contribution in [0.5, 0.6) is 0 Å². The second-order valence-corrected chi connectivity index (χ2v) is 6.73. The lowest BCUT2D eigenvalue weighted by Crippen LogP contribution is -2.14. The van der Waals surface area contributed by atoms with Gasteiger partial charge in [-0.25, -0.2) is 9.37 Å². The fourth-order valence-electron chi connectivity index (χ4n) is 1.25. The van der Waals surface area contributed by atoms with E-state index in [4.69, 9.17) is 5.73 Å². The van der Waals surface area contributed by atoms with Gasteiger partial charge in [-0.05, 0) is 18.2 Å². The van der Waals surface area contributed by atoms with Gasteiger partial charge in [0.2, 0.25) is 5.91 Å². The second kappa shape index (κ2) is 6.36. The fourth-order valence-corrected chi connectivity index (χ4v) is 3.14. The van der Waals surface area contributed by atoms with Gasteiger partial charge in [0.05, 0.1) is 21.8 Å². The maximum atomic E-state index is 13.5. The summed E-state index contributed by atoms with van der Waals surface area (Å²) in [5.74, 6) is -0.579. The Morgan fingerprint density at radius 2 is 2.37 bits per heavy atom. The highest BCUT2D eigenvalue weighted by Crippen LogP contribution is 2.26. The zero-order valence-corrected chi connectivity index (χ0v) is 12.7. The highest BCUT2D eigenvalue weighted by molar-refractivity contribution is 9.10. The van der Waals surface area contributed by atoms with E-state index in [1.807, 2.05) is 0 Å². The third-order valence-corrected chi connectivity index (χ3v) is 4.57. The molecule has 0 aliphatic rings. The molecule has 0 fully saturated rings. The molecule has 3 N–H and O–H groups in total. The van der Waals surface area contributed by atoms with Crippen LogP contribution in [0.3, 0.4) is 0 Å². The van der Waals surface area contributed by atoms with Gasteiger partial charge >= 0.3 is 0 Å². The molecule has 0 unspecified atom stereocenters. The molecule has 0 aliphatic heterocycles. The van der Waals surface area contributed by atoms with Crippen LogP contribution >= 0.6 is 39.0 Å². The zero-order chi connectivity index (χ0) is 13.8. The first-order valence-corrected chi connectivity index (χ1v) is 7.73. The molecule has 1 aromatic carbocycles. The first-order valence-electron chi connectivity index (χ1n) is 5.13. The van der Waals surface area contributed by atoms with Crippen molar-refractivity contribution in [3.8, 4) is 0 Å². The van der Waals surface area contributed by atoms with E-state index in [1.165, 1.54) is 35.2 Å². The number of hydrogen-bond acceptors (Lipinski definition) is 5. The van der Waals surface area contributed by atoms with E-state index in [0.717, 1.165) is 4.21 Å². The van der Waals surface area contributed by atoms with Crippen molar-refractivity contribution in [3.63, 3.8) is 0 Å². The average Bonchev–Trinajstić information content (AvgIpc) is 2.76. The molecule has 1 heterocycles. The molecule has 0 aliphatic carbocycles. The Balaban J connectivity index is 1.90. The molecule has 1 amide bonds. The third-order valence-electron chi connectivity index (χ3n) is 2.05. The summed E-state index contributed by atoms with van der Waals surface area (Å²) in [6, 6.07) is 4.47. The molecule has 4 nitrogen and oxygen atoms in total. The smallest absolute Gasteiger partial charge is 0.234 e. The molecule has 0 atom stereocenters. The van der Waals surface area contributed by atoms with Crippen molar-refractivity contribution in [2.75, 3.05) is 16.8 Å². The minimum absolute atomic E-state index is 0.164. The van der Waals surface area contributed by atoms with Gasteiger partial charge in [0.15, 0.2) is 5.13 Å². The first kappa shape index (κ1) is 14.3.